The van der Waals surface area contributed by atoms with Gasteiger partial charge in [-0.25, -0.2) is 0 Å². The molecule has 1 atom stereocenters. The molecular weight excluding hydrogens is 322 g/mol. The molecule has 0 bridgehead atoms. The molecule has 0 saturated carbocycles. The van der Waals surface area contributed by atoms with E-state index in [2.05, 4.69) is 50.0 Å². The van der Waals surface area contributed by atoms with Gasteiger partial charge >= 0.3 is 0 Å². The van der Waals surface area contributed by atoms with Crippen molar-refractivity contribution in [2.45, 2.75) is 32.4 Å². The molecule has 0 radical (unpaired) electrons. The van der Waals surface area contributed by atoms with Crippen LogP contribution in [0.1, 0.15) is 25.5 Å². The quantitative estimate of drug-likeness (QED) is 0.831. The van der Waals surface area contributed by atoms with E-state index in [0.29, 0.717) is 11.2 Å². The van der Waals surface area contributed by atoms with Crippen LogP contribution in [0.15, 0.2) is 19.6 Å². The molecule has 4 heteroatoms. The molecule has 0 amide bonds. The van der Waals surface area contributed by atoms with Crippen LogP contribution in [0.5, 0.6) is 0 Å². The fourth-order valence-electron chi connectivity index (χ4n) is 1.24. The van der Waals surface area contributed by atoms with Gasteiger partial charge in [-0.15, -0.1) is 6.42 Å². The van der Waals surface area contributed by atoms with Crippen molar-refractivity contribution in [3.8, 4) is 12.3 Å². The second-order valence-corrected chi connectivity index (χ2v) is 4.80. The van der Waals surface area contributed by atoms with E-state index in [1.165, 1.54) is 0 Å². The maximum absolute atomic E-state index is 5.43. The first-order valence-electron chi connectivity index (χ1n) is 4.80. The van der Waals surface area contributed by atoms with E-state index in [9.17, 15) is 0 Å². The van der Waals surface area contributed by atoms with Gasteiger partial charge in [0.05, 0.1) is 17.1 Å². The van der Waals surface area contributed by atoms with Gasteiger partial charge in [0.25, 0.3) is 0 Å². The summed E-state index contributed by atoms with van der Waals surface area (Å²) >= 11 is 6.65. The first-order chi connectivity index (χ1) is 7.17. The monoisotopic (exact) mass is 333 g/mol. The Labute approximate surface area is 107 Å². The molecule has 0 fully saturated rings. The number of halogens is 2. The molecule has 1 aromatic heterocycles. The summed E-state index contributed by atoms with van der Waals surface area (Å²) in [4.78, 5) is 0. The number of terminal acetylenes is 1. The van der Waals surface area contributed by atoms with Crippen LogP contribution in [-0.4, -0.2) is 6.04 Å². The fraction of sp³-hybridized carbons (Fsp3) is 0.455. The van der Waals surface area contributed by atoms with Gasteiger partial charge in [-0.3, -0.25) is 5.32 Å². The summed E-state index contributed by atoms with van der Waals surface area (Å²) in [6.45, 7) is 2.77. The van der Waals surface area contributed by atoms with E-state index >= 15 is 0 Å². The van der Waals surface area contributed by atoms with Crippen LogP contribution in [0.25, 0.3) is 0 Å². The molecule has 0 aliphatic carbocycles. The third-order valence-corrected chi connectivity index (χ3v) is 3.71. The molecule has 82 valence electrons. The van der Waals surface area contributed by atoms with E-state index in [0.717, 1.165) is 23.1 Å². The van der Waals surface area contributed by atoms with Crippen molar-refractivity contribution in [1.29, 1.82) is 0 Å². The Hall–Kier alpha value is -0.240. The number of hydrogen-bond donors (Lipinski definition) is 1. The normalized spacial score (nSPS) is 12.4. The zero-order valence-corrected chi connectivity index (χ0v) is 11.7. The zero-order valence-electron chi connectivity index (χ0n) is 8.52. The average Bonchev–Trinajstić information content (AvgIpc) is 2.53. The maximum atomic E-state index is 5.43. The Bertz CT molecular complexity index is 334. The Morgan fingerprint density at radius 3 is 2.80 bits per heavy atom. The lowest BCUT2D eigenvalue weighted by Crippen LogP contribution is -2.26. The smallest absolute Gasteiger partial charge is 0.183 e. The van der Waals surface area contributed by atoms with Crippen molar-refractivity contribution in [3.63, 3.8) is 0 Å². The minimum atomic E-state index is 0.123. The summed E-state index contributed by atoms with van der Waals surface area (Å²) in [7, 11) is 0. The largest absolute Gasteiger partial charge is 0.452 e. The van der Waals surface area contributed by atoms with E-state index in [4.69, 9.17) is 10.8 Å². The highest BCUT2D eigenvalue weighted by Crippen LogP contribution is 2.26. The molecule has 0 spiro atoms. The van der Waals surface area contributed by atoms with Gasteiger partial charge in [-0.1, -0.05) is 19.3 Å². The number of furan rings is 1. The highest BCUT2D eigenvalue weighted by molar-refractivity contribution is 9.13. The lowest BCUT2D eigenvalue weighted by molar-refractivity contribution is 0.448. The molecule has 1 rings (SSSR count). The topological polar surface area (TPSA) is 25.2 Å². The number of nitrogens with one attached hydrogen (secondary N) is 1. The van der Waals surface area contributed by atoms with Crippen LogP contribution in [-0.2, 0) is 6.54 Å². The maximum Gasteiger partial charge on any atom is 0.183 e. The Morgan fingerprint density at radius 1 is 1.60 bits per heavy atom. The van der Waals surface area contributed by atoms with E-state index in [-0.39, 0.29) is 6.04 Å². The third kappa shape index (κ3) is 4.02. The van der Waals surface area contributed by atoms with Gasteiger partial charge in [0.1, 0.15) is 5.76 Å². The highest BCUT2D eigenvalue weighted by Gasteiger charge is 2.08. The summed E-state index contributed by atoms with van der Waals surface area (Å²) in [6, 6.07) is 2.05. The van der Waals surface area contributed by atoms with Gasteiger partial charge in [0, 0.05) is 0 Å². The minimum Gasteiger partial charge on any atom is -0.452 e. The number of hydrogen-bond acceptors (Lipinski definition) is 2. The van der Waals surface area contributed by atoms with Gasteiger partial charge in [-0.2, -0.15) is 0 Å². The summed E-state index contributed by atoms with van der Waals surface area (Å²) in [5.41, 5.74) is 0. The second-order valence-electron chi connectivity index (χ2n) is 3.22. The van der Waals surface area contributed by atoms with Gasteiger partial charge in [0.15, 0.2) is 4.67 Å². The predicted octanol–water partition coefficient (Wildman–Crippen LogP) is 3.70. The standard InChI is InChI=1S/C11H13Br2NO/c1-3-5-8(4-2)14-7-9-6-10(12)11(13)15-9/h2,6,8,14H,3,5,7H2,1H3. The van der Waals surface area contributed by atoms with E-state index < -0.39 is 0 Å². The fourth-order valence-corrected chi connectivity index (χ4v) is 1.89. The predicted molar refractivity (Wildman–Crippen MR) is 68.5 cm³/mol. The van der Waals surface area contributed by atoms with Gasteiger partial charge < -0.3 is 4.42 Å². The molecule has 1 aromatic rings. The average molecular weight is 335 g/mol. The minimum absolute atomic E-state index is 0.123. The summed E-state index contributed by atoms with van der Waals surface area (Å²) < 4.78 is 7.06. The van der Waals surface area contributed by atoms with Crippen LogP contribution >= 0.6 is 31.9 Å². The van der Waals surface area contributed by atoms with E-state index in [1.807, 2.05) is 6.07 Å². The van der Waals surface area contributed by atoms with Crippen LogP contribution < -0.4 is 5.32 Å². The Balaban J connectivity index is 2.46. The van der Waals surface area contributed by atoms with Crippen LogP contribution in [0.3, 0.4) is 0 Å². The van der Waals surface area contributed by atoms with Crippen molar-refractivity contribution in [2.75, 3.05) is 0 Å². The summed E-state index contributed by atoms with van der Waals surface area (Å²) in [5, 5.41) is 3.26. The molecule has 15 heavy (non-hydrogen) atoms. The molecular formula is C11H13Br2NO. The summed E-state index contributed by atoms with van der Waals surface area (Å²) in [6.07, 6.45) is 7.46. The van der Waals surface area contributed by atoms with Crippen molar-refractivity contribution in [1.82, 2.24) is 5.32 Å². The molecule has 2 nitrogen and oxygen atoms in total. The van der Waals surface area contributed by atoms with Crippen molar-refractivity contribution < 1.29 is 4.42 Å². The van der Waals surface area contributed by atoms with Crippen molar-refractivity contribution >= 4 is 31.9 Å². The Kier molecular flexibility index (Phi) is 5.44. The van der Waals surface area contributed by atoms with Crippen LogP contribution in [0.4, 0.5) is 0 Å². The number of rotatable bonds is 5. The third-order valence-electron chi connectivity index (χ3n) is 2.00. The molecule has 0 aliphatic rings. The van der Waals surface area contributed by atoms with Crippen molar-refractivity contribution in [2.24, 2.45) is 0 Å². The second kappa shape index (κ2) is 6.37. The molecule has 1 heterocycles. The van der Waals surface area contributed by atoms with Crippen molar-refractivity contribution in [3.05, 3.63) is 21.0 Å². The summed E-state index contributed by atoms with van der Waals surface area (Å²) in [5.74, 6) is 3.58. The highest BCUT2D eigenvalue weighted by atomic mass is 79.9. The lowest BCUT2D eigenvalue weighted by atomic mass is 10.2. The first kappa shape index (κ1) is 12.8. The lowest BCUT2D eigenvalue weighted by Gasteiger charge is -2.09. The van der Waals surface area contributed by atoms with Crippen LogP contribution in [0.2, 0.25) is 0 Å². The van der Waals surface area contributed by atoms with Crippen LogP contribution in [0, 0.1) is 12.3 Å². The first-order valence-corrected chi connectivity index (χ1v) is 6.39. The Morgan fingerprint density at radius 2 is 2.33 bits per heavy atom. The molecule has 1 N–H and O–H groups in total. The van der Waals surface area contributed by atoms with E-state index in [1.54, 1.807) is 0 Å². The molecule has 0 aliphatic heterocycles. The zero-order chi connectivity index (χ0) is 11.3. The molecule has 1 unspecified atom stereocenters. The van der Waals surface area contributed by atoms with Gasteiger partial charge in [-0.05, 0) is 44.3 Å². The molecule has 0 saturated heterocycles. The molecule has 0 aromatic carbocycles. The van der Waals surface area contributed by atoms with Gasteiger partial charge in [0.2, 0.25) is 0 Å². The SMILES string of the molecule is C#CC(CCC)NCc1cc(Br)c(Br)o1.